The summed E-state index contributed by atoms with van der Waals surface area (Å²) in [4.78, 5) is 30.5. The van der Waals surface area contributed by atoms with Crippen molar-refractivity contribution in [2.45, 2.75) is 33.6 Å². The van der Waals surface area contributed by atoms with Crippen LogP contribution in [0.2, 0.25) is 0 Å². The van der Waals surface area contributed by atoms with Crippen LogP contribution in [-0.4, -0.2) is 34.8 Å². The quantitative estimate of drug-likeness (QED) is 0.908. The van der Waals surface area contributed by atoms with E-state index in [4.69, 9.17) is 0 Å². The van der Waals surface area contributed by atoms with Gasteiger partial charge in [-0.15, -0.1) is 0 Å². The number of carbonyl (C=O) groups excluding carboxylic acids is 2. The summed E-state index contributed by atoms with van der Waals surface area (Å²) in [5, 5.41) is 2.82. The third kappa shape index (κ3) is 4.03. The van der Waals surface area contributed by atoms with Gasteiger partial charge in [-0.3, -0.25) is 9.59 Å². The number of anilines is 1. The minimum atomic E-state index is -0.403. The summed E-state index contributed by atoms with van der Waals surface area (Å²) in [5.41, 5.74) is -0.403. The van der Waals surface area contributed by atoms with Crippen LogP contribution in [0.5, 0.6) is 0 Å². The van der Waals surface area contributed by atoms with E-state index in [-0.39, 0.29) is 17.7 Å². The Hall–Kier alpha value is -1.91. The summed E-state index contributed by atoms with van der Waals surface area (Å²) < 4.78 is 0. The highest BCUT2D eigenvalue weighted by Gasteiger charge is 2.33. The topological polar surface area (TPSA) is 62.3 Å². The van der Waals surface area contributed by atoms with Gasteiger partial charge < -0.3 is 10.2 Å². The lowest BCUT2D eigenvalue weighted by molar-refractivity contribution is -0.142. The first-order valence-electron chi connectivity index (χ1n) is 7.39. The van der Waals surface area contributed by atoms with Crippen molar-refractivity contribution >= 4 is 17.6 Å². The van der Waals surface area contributed by atoms with Crippen molar-refractivity contribution < 1.29 is 9.59 Å². The van der Waals surface area contributed by atoms with E-state index in [2.05, 4.69) is 10.3 Å². The molecule has 1 aliphatic rings. The second-order valence-electron chi connectivity index (χ2n) is 6.54. The fourth-order valence-corrected chi connectivity index (χ4v) is 2.51. The average molecular weight is 289 g/mol. The molecular weight excluding hydrogens is 266 g/mol. The SMILES string of the molecule is CC(C)(C)C(=O)N1CCC[C@@H](C(=O)Nc2ccccn2)C1. The highest BCUT2D eigenvalue weighted by Crippen LogP contribution is 2.24. The van der Waals surface area contributed by atoms with E-state index in [1.165, 1.54) is 0 Å². The van der Waals surface area contributed by atoms with Gasteiger partial charge in [0.15, 0.2) is 0 Å². The molecule has 0 radical (unpaired) electrons. The molecule has 1 fully saturated rings. The smallest absolute Gasteiger partial charge is 0.230 e. The largest absolute Gasteiger partial charge is 0.341 e. The molecule has 2 heterocycles. The first kappa shape index (κ1) is 15.5. The molecule has 0 spiro atoms. The molecule has 114 valence electrons. The highest BCUT2D eigenvalue weighted by atomic mass is 16.2. The molecule has 1 aliphatic heterocycles. The zero-order chi connectivity index (χ0) is 15.5. The van der Waals surface area contributed by atoms with E-state index in [0.29, 0.717) is 12.4 Å². The van der Waals surface area contributed by atoms with Crippen molar-refractivity contribution in [3.63, 3.8) is 0 Å². The summed E-state index contributed by atoms with van der Waals surface area (Å²) in [6.45, 7) is 6.96. The third-order valence-electron chi connectivity index (χ3n) is 3.64. The van der Waals surface area contributed by atoms with Gasteiger partial charge in [-0.2, -0.15) is 0 Å². The molecule has 0 aromatic carbocycles. The Labute approximate surface area is 125 Å². The molecule has 1 atom stereocenters. The number of carbonyl (C=O) groups is 2. The summed E-state index contributed by atoms with van der Waals surface area (Å²) in [6.07, 6.45) is 3.32. The third-order valence-corrected chi connectivity index (χ3v) is 3.64. The zero-order valence-electron chi connectivity index (χ0n) is 12.9. The maximum atomic E-state index is 12.3. The molecule has 0 aliphatic carbocycles. The molecule has 5 heteroatoms. The Morgan fingerprint density at radius 3 is 2.71 bits per heavy atom. The molecule has 1 saturated heterocycles. The second kappa shape index (κ2) is 6.24. The van der Waals surface area contributed by atoms with Crippen LogP contribution in [0, 0.1) is 11.3 Å². The van der Waals surface area contributed by atoms with Crippen LogP contribution in [0.3, 0.4) is 0 Å². The number of nitrogens with one attached hydrogen (secondary N) is 1. The Balaban J connectivity index is 1.98. The maximum absolute atomic E-state index is 12.3. The van der Waals surface area contributed by atoms with Gasteiger partial charge in [0.2, 0.25) is 11.8 Å². The number of rotatable bonds is 2. The molecule has 0 saturated carbocycles. The molecule has 2 amide bonds. The minimum absolute atomic E-state index is 0.0555. The van der Waals surface area contributed by atoms with E-state index in [0.717, 1.165) is 19.4 Å². The van der Waals surface area contributed by atoms with Crippen LogP contribution in [0.15, 0.2) is 24.4 Å². The van der Waals surface area contributed by atoms with Gasteiger partial charge in [0.1, 0.15) is 5.82 Å². The van der Waals surface area contributed by atoms with Crippen molar-refractivity contribution in [2.75, 3.05) is 18.4 Å². The van der Waals surface area contributed by atoms with Crippen molar-refractivity contribution in [2.24, 2.45) is 11.3 Å². The number of piperidine rings is 1. The lowest BCUT2D eigenvalue weighted by Crippen LogP contribution is -2.47. The lowest BCUT2D eigenvalue weighted by atomic mass is 9.91. The van der Waals surface area contributed by atoms with Crippen molar-refractivity contribution in [1.82, 2.24) is 9.88 Å². The van der Waals surface area contributed by atoms with Crippen LogP contribution < -0.4 is 5.32 Å². The second-order valence-corrected chi connectivity index (χ2v) is 6.54. The van der Waals surface area contributed by atoms with E-state index in [1.807, 2.05) is 31.7 Å². The van der Waals surface area contributed by atoms with E-state index in [1.54, 1.807) is 18.3 Å². The number of amides is 2. The fourth-order valence-electron chi connectivity index (χ4n) is 2.51. The Bertz CT molecular complexity index is 508. The Kier molecular flexibility index (Phi) is 4.60. The maximum Gasteiger partial charge on any atom is 0.230 e. The number of aromatic nitrogens is 1. The molecular formula is C16H23N3O2. The van der Waals surface area contributed by atoms with Crippen molar-refractivity contribution in [3.05, 3.63) is 24.4 Å². The molecule has 1 N–H and O–H groups in total. The average Bonchev–Trinajstić information content (AvgIpc) is 2.46. The van der Waals surface area contributed by atoms with E-state index in [9.17, 15) is 9.59 Å². The summed E-state index contributed by atoms with van der Waals surface area (Å²) in [5.74, 6) is 0.451. The van der Waals surface area contributed by atoms with E-state index >= 15 is 0 Å². The van der Waals surface area contributed by atoms with Gasteiger partial charge >= 0.3 is 0 Å². The van der Waals surface area contributed by atoms with Gasteiger partial charge in [-0.1, -0.05) is 26.8 Å². The minimum Gasteiger partial charge on any atom is -0.341 e. The number of likely N-dealkylation sites (tertiary alicyclic amines) is 1. The molecule has 2 rings (SSSR count). The molecule has 0 bridgehead atoms. The van der Waals surface area contributed by atoms with Crippen LogP contribution in [-0.2, 0) is 9.59 Å². The Morgan fingerprint density at radius 1 is 1.33 bits per heavy atom. The van der Waals surface area contributed by atoms with Crippen LogP contribution in [0.1, 0.15) is 33.6 Å². The highest BCUT2D eigenvalue weighted by molar-refractivity contribution is 5.92. The molecule has 1 aromatic rings. The van der Waals surface area contributed by atoms with Gasteiger partial charge in [0.05, 0.1) is 5.92 Å². The summed E-state index contributed by atoms with van der Waals surface area (Å²) in [6, 6.07) is 5.40. The van der Waals surface area contributed by atoms with Gasteiger partial charge in [-0.05, 0) is 25.0 Å². The molecule has 21 heavy (non-hydrogen) atoms. The van der Waals surface area contributed by atoms with Gasteiger partial charge in [-0.25, -0.2) is 4.98 Å². The molecule has 0 unspecified atom stereocenters. The number of pyridine rings is 1. The predicted octanol–water partition coefficient (Wildman–Crippen LogP) is 2.30. The zero-order valence-corrected chi connectivity index (χ0v) is 12.9. The number of nitrogens with zero attached hydrogens (tertiary/aromatic N) is 2. The number of hydrogen-bond donors (Lipinski definition) is 1. The number of hydrogen-bond acceptors (Lipinski definition) is 3. The van der Waals surface area contributed by atoms with Crippen LogP contribution >= 0.6 is 0 Å². The first-order valence-corrected chi connectivity index (χ1v) is 7.39. The standard InChI is InChI=1S/C16H23N3O2/c1-16(2,3)15(21)19-10-6-7-12(11-19)14(20)18-13-8-4-5-9-17-13/h4-5,8-9,12H,6-7,10-11H2,1-3H3,(H,17,18,20)/t12-/m1/s1. The van der Waals surface area contributed by atoms with Crippen LogP contribution in [0.4, 0.5) is 5.82 Å². The summed E-state index contributed by atoms with van der Waals surface area (Å²) >= 11 is 0. The lowest BCUT2D eigenvalue weighted by Gasteiger charge is -2.35. The normalized spacial score (nSPS) is 19.2. The van der Waals surface area contributed by atoms with E-state index < -0.39 is 5.41 Å². The van der Waals surface area contributed by atoms with Crippen molar-refractivity contribution in [1.29, 1.82) is 0 Å². The molecule has 5 nitrogen and oxygen atoms in total. The van der Waals surface area contributed by atoms with Crippen LogP contribution in [0.25, 0.3) is 0 Å². The molecule has 1 aromatic heterocycles. The predicted molar refractivity (Wildman–Crippen MR) is 81.6 cm³/mol. The van der Waals surface area contributed by atoms with Crippen molar-refractivity contribution in [3.8, 4) is 0 Å². The van der Waals surface area contributed by atoms with Gasteiger partial charge in [0.25, 0.3) is 0 Å². The summed E-state index contributed by atoms with van der Waals surface area (Å²) in [7, 11) is 0. The fraction of sp³-hybridized carbons (Fsp3) is 0.562. The first-order chi connectivity index (χ1) is 9.88. The Morgan fingerprint density at radius 2 is 2.10 bits per heavy atom. The van der Waals surface area contributed by atoms with Gasteiger partial charge in [0, 0.05) is 24.7 Å². The monoisotopic (exact) mass is 289 g/mol.